The van der Waals surface area contributed by atoms with E-state index in [1.807, 2.05) is 0 Å². The molecule has 0 bridgehead atoms. The first-order valence-electron chi connectivity index (χ1n) is 6.79. The fourth-order valence-corrected chi connectivity index (χ4v) is 2.05. The number of benzene rings is 2. The number of aromatic carboxylic acids is 1. The molecule has 4 heteroatoms. The number of allylic oxidation sites excluding steroid dienone is 1. The lowest BCUT2D eigenvalue weighted by Crippen LogP contribution is -2.06. The molecule has 0 aliphatic rings. The molecule has 2 aromatic rings. The first kappa shape index (κ1) is 15.5. The van der Waals surface area contributed by atoms with Gasteiger partial charge in [0.2, 0.25) is 0 Å². The Morgan fingerprint density at radius 3 is 2.55 bits per heavy atom. The number of phenolic OH excluding ortho intramolecular Hbond substituents is 1. The number of carbonyl (C=O) groups excluding carboxylic acids is 1. The lowest BCUT2D eigenvalue weighted by atomic mass is 10.0. The fourth-order valence-electron chi connectivity index (χ4n) is 2.05. The summed E-state index contributed by atoms with van der Waals surface area (Å²) in [5, 5.41) is 18.7. The SMILES string of the molecule is Cc1ccc(/C=C/C(=O)Cc2ccccc2C(=O)O)cc1O. The molecule has 0 atom stereocenters. The summed E-state index contributed by atoms with van der Waals surface area (Å²) < 4.78 is 0. The van der Waals surface area contributed by atoms with Crippen LogP contribution in [0.2, 0.25) is 0 Å². The largest absolute Gasteiger partial charge is 0.508 e. The molecule has 2 rings (SSSR count). The Morgan fingerprint density at radius 1 is 1.14 bits per heavy atom. The van der Waals surface area contributed by atoms with Crippen LogP contribution >= 0.6 is 0 Å². The fraction of sp³-hybridized carbons (Fsp3) is 0.111. The molecule has 0 aliphatic carbocycles. The molecule has 2 aromatic carbocycles. The van der Waals surface area contributed by atoms with E-state index in [4.69, 9.17) is 5.11 Å². The van der Waals surface area contributed by atoms with Gasteiger partial charge in [0.05, 0.1) is 5.56 Å². The van der Waals surface area contributed by atoms with Crippen molar-refractivity contribution in [1.29, 1.82) is 0 Å². The number of ketones is 1. The van der Waals surface area contributed by atoms with Gasteiger partial charge in [-0.25, -0.2) is 4.79 Å². The van der Waals surface area contributed by atoms with Crippen LogP contribution in [-0.4, -0.2) is 22.0 Å². The topological polar surface area (TPSA) is 74.6 Å². The van der Waals surface area contributed by atoms with Gasteiger partial charge in [0.15, 0.2) is 5.78 Å². The first-order chi connectivity index (χ1) is 10.5. The molecule has 0 aliphatic heterocycles. The van der Waals surface area contributed by atoms with E-state index < -0.39 is 5.97 Å². The standard InChI is InChI=1S/C18H16O4/c1-12-6-7-13(10-17(12)20)8-9-15(19)11-14-4-2-3-5-16(14)18(21)22/h2-10,20H,11H2,1H3,(H,21,22)/b9-8+. The van der Waals surface area contributed by atoms with Crippen molar-refractivity contribution in [1.82, 2.24) is 0 Å². The normalized spacial score (nSPS) is 10.8. The van der Waals surface area contributed by atoms with Crippen molar-refractivity contribution in [3.8, 4) is 5.75 Å². The van der Waals surface area contributed by atoms with Gasteiger partial charge in [-0.3, -0.25) is 4.79 Å². The van der Waals surface area contributed by atoms with Crippen LogP contribution in [0, 0.1) is 6.92 Å². The third kappa shape index (κ3) is 3.82. The maximum absolute atomic E-state index is 12.0. The Balaban J connectivity index is 2.11. The molecular weight excluding hydrogens is 280 g/mol. The van der Waals surface area contributed by atoms with Gasteiger partial charge in [0, 0.05) is 6.42 Å². The monoisotopic (exact) mass is 296 g/mol. The Bertz CT molecular complexity index is 745. The Labute approximate surface area is 128 Å². The van der Waals surface area contributed by atoms with Crippen molar-refractivity contribution in [3.63, 3.8) is 0 Å². The summed E-state index contributed by atoms with van der Waals surface area (Å²) in [7, 11) is 0. The first-order valence-corrected chi connectivity index (χ1v) is 6.79. The van der Waals surface area contributed by atoms with Gasteiger partial charge in [-0.2, -0.15) is 0 Å². The van der Waals surface area contributed by atoms with Crippen LogP contribution in [0.5, 0.6) is 5.75 Å². The van der Waals surface area contributed by atoms with E-state index in [1.165, 1.54) is 12.1 Å². The average Bonchev–Trinajstić information content (AvgIpc) is 2.49. The van der Waals surface area contributed by atoms with E-state index in [2.05, 4.69) is 0 Å². The highest BCUT2D eigenvalue weighted by atomic mass is 16.4. The summed E-state index contributed by atoms with van der Waals surface area (Å²) in [6, 6.07) is 11.6. The number of aryl methyl sites for hydroxylation is 1. The molecule has 0 amide bonds. The lowest BCUT2D eigenvalue weighted by molar-refractivity contribution is -0.113. The van der Waals surface area contributed by atoms with Crippen molar-refractivity contribution in [2.45, 2.75) is 13.3 Å². The van der Waals surface area contributed by atoms with E-state index in [9.17, 15) is 14.7 Å². The van der Waals surface area contributed by atoms with Crippen LogP contribution in [0.4, 0.5) is 0 Å². The summed E-state index contributed by atoms with van der Waals surface area (Å²) in [5.41, 5.74) is 2.09. The van der Waals surface area contributed by atoms with Gasteiger partial charge in [0.25, 0.3) is 0 Å². The summed E-state index contributed by atoms with van der Waals surface area (Å²) in [6.07, 6.45) is 3.02. The number of phenols is 1. The van der Waals surface area contributed by atoms with Crippen molar-refractivity contribution in [2.24, 2.45) is 0 Å². The molecule has 22 heavy (non-hydrogen) atoms. The number of carbonyl (C=O) groups is 2. The van der Waals surface area contributed by atoms with Crippen LogP contribution < -0.4 is 0 Å². The maximum atomic E-state index is 12.0. The molecule has 0 spiro atoms. The summed E-state index contributed by atoms with van der Waals surface area (Å²) >= 11 is 0. The molecule has 112 valence electrons. The van der Waals surface area contributed by atoms with Gasteiger partial charge in [-0.15, -0.1) is 0 Å². The lowest BCUT2D eigenvalue weighted by Gasteiger charge is -2.03. The number of hydrogen-bond donors (Lipinski definition) is 2. The molecular formula is C18H16O4. The summed E-state index contributed by atoms with van der Waals surface area (Å²) in [4.78, 5) is 23.1. The molecule has 0 radical (unpaired) electrons. The number of hydrogen-bond acceptors (Lipinski definition) is 3. The minimum absolute atomic E-state index is 0.0246. The van der Waals surface area contributed by atoms with Gasteiger partial charge in [-0.05, 0) is 41.8 Å². The molecule has 0 saturated heterocycles. The highest BCUT2D eigenvalue weighted by molar-refractivity contribution is 5.97. The summed E-state index contributed by atoms with van der Waals surface area (Å²) in [5.74, 6) is -1.07. The number of aromatic hydroxyl groups is 1. The van der Waals surface area contributed by atoms with E-state index in [-0.39, 0.29) is 23.5 Å². The van der Waals surface area contributed by atoms with Crippen molar-refractivity contribution < 1.29 is 19.8 Å². The number of rotatable bonds is 5. The third-order valence-corrected chi connectivity index (χ3v) is 3.31. The zero-order valence-corrected chi connectivity index (χ0v) is 12.1. The van der Waals surface area contributed by atoms with Crippen LogP contribution in [-0.2, 0) is 11.2 Å². The highest BCUT2D eigenvalue weighted by Crippen LogP contribution is 2.18. The zero-order valence-electron chi connectivity index (χ0n) is 12.1. The van der Waals surface area contributed by atoms with Gasteiger partial charge in [-0.1, -0.05) is 36.4 Å². The third-order valence-electron chi connectivity index (χ3n) is 3.31. The second kappa shape index (κ2) is 6.72. The Morgan fingerprint density at radius 2 is 1.86 bits per heavy atom. The molecule has 0 unspecified atom stereocenters. The number of carboxylic acids is 1. The van der Waals surface area contributed by atoms with Gasteiger partial charge < -0.3 is 10.2 Å². The van der Waals surface area contributed by atoms with Crippen LogP contribution in [0.1, 0.15) is 27.0 Å². The Hall–Kier alpha value is -2.88. The molecule has 0 fully saturated rings. The smallest absolute Gasteiger partial charge is 0.335 e. The Kier molecular flexibility index (Phi) is 4.73. The van der Waals surface area contributed by atoms with Crippen molar-refractivity contribution in [2.75, 3.05) is 0 Å². The molecule has 0 heterocycles. The van der Waals surface area contributed by atoms with Crippen LogP contribution in [0.25, 0.3) is 6.08 Å². The predicted molar refractivity (Wildman–Crippen MR) is 84.0 cm³/mol. The van der Waals surface area contributed by atoms with Crippen molar-refractivity contribution >= 4 is 17.8 Å². The molecule has 4 nitrogen and oxygen atoms in total. The second-order valence-electron chi connectivity index (χ2n) is 4.98. The van der Waals surface area contributed by atoms with E-state index in [0.717, 1.165) is 5.56 Å². The molecule has 0 aromatic heterocycles. The van der Waals surface area contributed by atoms with Crippen LogP contribution in [0.15, 0.2) is 48.5 Å². The van der Waals surface area contributed by atoms with E-state index >= 15 is 0 Å². The van der Waals surface area contributed by atoms with Crippen molar-refractivity contribution in [3.05, 3.63) is 70.8 Å². The van der Waals surface area contributed by atoms with Crippen LogP contribution in [0.3, 0.4) is 0 Å². The average molecular weight is 296 g/mol. The maximum Gasteiger partial charge on any atom is 0.335 e. The zero-order chi connectivity index (χ0) is 16.1. The minimum atomic E-state index is -1.05. The van der Waals surface area contributed by atoms with E-state index in [0.29, 0.717) is 11.1 Å². The van der Waals surface area contributed by atoms with Gasteiger partial charge >= 0.3 is 5.97 Å². The molecule has 2 N–H and O–H groups in total. The van der Waals surface area contributed by atoms with E-state index in [1.54, 1.807) is 49.4 Å². The number of carboxylic acid groups (broad SMARTS) is 1. The summed E-state index contributed by atoms with van der Waals surface area (Å²) in [6.45, 7) is 1.79. The second-order valence-corrected chi connectivity index (χ2v) is 4.98. The highest BCUT2D eigenvalue weighted by Gasteiger charge is 2.10. The quantitative estimate of drug-likeness (QED) is 0.831. The van der Waals surface area contributed by atoms with Gasteiger partial charge in [0.1, 0.15) is 5.75 Å². The molecule has 0 saturated carbocycles. The minimum Gasteiger partial charge on any atom is -0.508 e. The predicted octanol–water partition coefficient (Wildman–Crippen LogP) is 3.22.